The van der Waals surface area contributed by atoms with Crippen molar-refractivity contribution in [2.75, 3.05) is 19.6 Å². The molecular formula is C16H24N2O. The zero-order valence-corrected chi connectivity index (χ0v) is 11.8. The maximum atomic E-state index is 12.1. The second-order valence-electron chi connectivity index (χ2n) is 5.21. The van der Waals surface area contributed by atoms with Gasteiger partial charge in [0.25, 0.3) is 0 Å². The second-order valence-corrected chi connectivity index (χ2v) is 5.21. The summed E-state index contributed by atoms with van der Waals surface area (Å²) in [7, 11) is 0. The van der Waals surface area contributed by atoms with E-state index < -0.39 is 0 Å². The SMILES string of the molecule is CCCNC1CCN(CCCc2ccccc2)C1=O. The Labute approximate surface area is 116 Å². The topological polar surface area (TPSA) is 32.3 Å². The van der Waals surface area contributed by atoms with E-state index in [0.29, 0.717) is 5.91 Å². The van der Waals surface area contributed by atoms with Crippen LogP contribution >= 0.6 is 0 Å². The van der Waals surface area contributed by atoms with Crippen LogP contribution in [0.25, 0.3) is 0 Å². The minimum absolute atomic E-state index is 0.0664. The molecule has 1 heterocycles. The Kier molecular flexibility index (Phi) is 5.40. The molecular weight excluding hydrogens is 236 g/mol. The molecule has 0 aliphatic carbocycles. The molecule has 3 nitrogen and oxygen atoms in total. The number of amides is 1. The van der Waals surface area contributed by atoms with Crippen molar-refractivity contribution in [2.24, 2.45) is 0 Å². The average Bonchev–Trinajstić information content (AvgIpc) is 2.79. The monoisotopic (exact) mass is 260 g/mol. The van der Waals surface area contributed by atoms with Gasteiger partial charge in [0.05, 0.1) is 6.04 Å². The van der Waals surface area contributed by atoms with E-state index in [2.05, 4.69) is 36.5 Å². The van der Waals surface area contributed by atoms with Gasteiger partial charge in [-0.2, -0.15) is 0 Å². The van der Waals surface area contributed by atoms with Crippen LogP contribution in [-0.4, -0.2) is 36.5 Å². The number of nitrogens with one attached hydrogen (secondary N) is 1. The Morgan fingerprint density at radius 1 is 1.32 bits per heavy atom. The van der Waals surface area contributed by atoms with Crippen LogP contribution < -0.4 is 5.32 Å². The van der Waals surface area contributed by atoms with Gasteiger partial charge in [-0.3, -0.25) is 4.79 Å². The van der Waals surface area contributed by atoms with Gasteiger partial charge in [-0.1, -0.05) is 37.3 Å². The van der Waals surface area contributed by atoms with Gasteiger partial charge in [-0.25, -0.2) is 0 Å². The van der Waals surface area contributed by atoms with E-state index in [4.69, 9.17) is 0 Å². The Hall–Kier alpha value is -1.35. The number of carbonyl (C=O) groups is 1. The van der Waals surface area contributed by atoms with E-state index in [1.54, 1.807) is 0 Å². The molecule has 1 atom stereocenters. The van der Waals surface area contributed by atoms with Crippen LogP contribution in [0.4, 0.5) is 0 Å². The molecule has 1 aliphatic rings. The van der Waals surface area contributed by atoms with Crippen molar-refractivity contribution >= 4 is 5.91 Å². The van der Waals surface area contributed by atoms with Crippen molar-refractivity contribution < 1.29 is 4.79 Å². The van der Waals surface area contributed by atoms with Crippen LogP contribution in [0.3, 0.4) is 0 Å². The number of hydrogen-bond acceptors (Lipinski definition) is 2. The predicted octanol–water partition coefficient (Wildman–Crippen LogP) is 2.22. The van der Waals surface area contributed by atoms with Crippen molar-refractivity contribution in [2.45, 2.75) is 38.6 Å². The maximum absolute atomic E-state index is 12.1. The molecule has 0 aromatic heterocycles. The lowest BCUT2D eigenvalue weighted by Gasteiger charge is -2.17. The van der Waals surface area contributed by atoms with Crippen LogP contribution in [0.2, 0.25) is 0 Å². The molecule has 1 aromatic carbocycles. The summed E-state index contributed by atoms with van der Waals surface area (Å²) in [4.78, 5) is 14.1. The Balaban J connectivity index is 1.71. The van der Waals surface area contributed by atoms with E-state index in [0.717, 1.165) is 45.3 Å². The number of rotatable bonds is 7. The van der Waals surface area contributed by atoms with Gasteiger partial charge in [0.15, 0.2) is 0 Å². The van der Waals surface area contributed by atoms with Gasteiger partial charge >= 0.3 is 0 Å². The van der Waals surface area contributed by atoms with Crippen LogP contribution in [0.5, 0.6) is 0 Å². The Morgan fingerprint density at radius 3 is 2.84 bits per heavy atom. The van der Waals surface area contributed by atoms with Crippen LogP contribution in [0.1, 0.15) is 31.7 Å². The third-order valence-corrected chi connectivity index (χ3v) is 3.67. The minimum Gasteiger partial charge on any atom is -0.341 e. The van der Waals surface area contributed by atoms with Crippen LogP contribution in [0, 0.1) is 0 Å². The van der Waals surface area contributed by atoms with E-state index >= 15 is 0 Å². The first kappa shape index (κ1) is 14.1. The van der Waals surface area contributed by atoms with Gasteiger partial charge in [0.1, 0.15) is 0 Å². The molecule has 1 fully saturated rings. The third kappa shape index (κ3) is 4.06. The number of aryl methyl sites for hydroxylation is 1. The van der Waals surface area contributed by atoms with Crippen LogP contribution in [0.15, 0.2) is 30.3 Å². The quantitative estimate of drug-likeness (QED) is 0.815. The zero-order chi connectivity index (χ0) is 13.5. The summed E-state index contributed by atoms with van der Waals surface area (Å²) in [5.41, 5.74) is 1.36. The van der Waals surface area contributed by atoms with Gasteiger partial charge in [-0.05, 0) is 37.8 Å². The van der Waals surface area contributed by atoms with Crippen molar-refractivity contribution in [3.05, 3.63) is 35.9 Å². The highest BCUT2D eigenvalue weighted by atomic mass is 16.2. The molecule has 0 radical (unpaired) electrons. The standard InChI is InChI=1S/C16H24N2O/c1-2-11-17-15-10-13-18(16(15)19)12-6-9-14-7-4-3-5-8-14/h3-5,7-8,15,17H,2,6,9-13H2,1H3. The predicted molar refractivity (Wildman–Crippen MR) is 78.0 cm³/mol. The number of nitrogens with zero attached hydrogens (tertiary/aromatic N) is 1. The average molecular weight is 260 g/mol. The fourth-order valence-corrected chi connectivity index (χ4v) is 2.59. The molecule has 2 rings (SSSR count). The molecule has 3 heteroatoms. The lowest BCUT2D eigenvalue weighted by molar-refractivity contribution is -0.129. The van der Waals surface area contributed by atoms with Crippen molar-refractivity contribution in [3.8, 4) is 0 Å². The maximum Gasteiger partial charge on any atom is 0.239 e. The molecule has 1 unspecified atom stereocenters. The highest BCUT2D eigenvalue weighted by molar-refractivity contribution is 5.83. The molecule has 104 valence electrons. The first-order valence-electron chi connectivity index (χ1n) is 7.37. The Bertz CT molecular complexity index is 391. The van der Waals surface area contributed by atoms with Gasteiger partial charge < -0.3 is 10.2 Å². The number of carbonyl (C=O) groups excluding carboxylic acids is 1. The van der Waals surface area contributed by atoms with Crippen LogP contribution in [-0.2, 0) is 11.2 Å². The van der Waals surface area contributed by atoms with E-state index in [9.17, 15) is 4.79 Å². The normalized spacial score (nSPS) is 19.1. The lowest BCUT2D eigenvalue weighted by atomic mass is 10.1. The summed E-state index contributed by atoms with van der Waals surface area (Å²) >= 11 is 0. The fourth-order valence-electron chi connectivity index (χ4n) is 2.59. The number of hydrogen-bond donors (Lipinski definition) is 1. The van der Waals surface area contributed by atoms with Crippen molar-refractivity contribution in [1.82, 2.24) is 10.2 Å². The molecule has 19 heavy (non-hydrogen) atoms. The first-order chi connectivity index (χ1) is 9.31. The number of benzene rings is 1. The molecule has 0 saturated carbocycles. The summed E-state index contributed by atoms with van der Waals surface area (Å²) in [6.07, 6.45) is 4.15. The smallest absolute Gasteiger partial charge is 0.239 e. The second kappa shape index (κ2) is 7.29. The summed E-state index contributed by atoms with van der Waals surface area (Å²) in [6.45, 7) is 4.87. The Morgan fingerprint density at radius 2 is 2.11 bits per heavy atom. The van der Waals surface area contributed by atoms with E-state index in [-0.39, 0.29) is 6.04 Å². The summed E-state index contributed by atoms with van der Waals surface area (Å²) < 4.78 is 0. The van der Waals surface area contributed by atoms with E-state index in [1.807, 2.05) is 11.0 Å². The highest BCUT2D eigenvalue weighted by Crippen LogP contribution is 2.12. The molecule has 0 bridgehead atoms. The third-order valence-electron chi connectivity index (χ3n) is 3.67. The summed E-state index contributed by atoms with van der Waals surface area (Å²) in [5.74, 6) is 0.293. The highest BCUT2D eigenvalue weighted by Gasteiger charge is 2.30. The first-order valence-corrected chi connectivity index (χ1v) is 7.37. The van der Waals surface area contributed by atoms with Gasteiger partial charge in [0, 0.05) is 13.1 Å². The molecule has 1 aliphatic heterocycles. The molecule has 1 N–H and O–H groups in total. The minimum atomic E-state index is 0.0664. The van der Waals surface area contributed by atoms with Crippen molar-refractivity contribution in [3.63, 3.8) is 0 Å². The van der Waals surface area contributed by atoms with Crippen molar-refractivity contribution in [1.29, 1.82) is 0 Å². The summed E-state index contributed by atoms with van der Waals surface area (Å²) in [6, 6.07) is 10.5. The number of likely N-dealkylation sites (tertiary alicyclic amines) is 1. The zero-order valence-electron chi connectivity index (χ0n) is 11.8. The van der Waals surface area contributed by atoms with Gasteiger partial charge in [0.2, 0.25) is 5.91 Å². The fraction of sp³-hybridized carbons (Fsp3) is 0.562. The molecule has 0 spiro atoms. The molecule has 1 amide bonds. The lowest BCUT2D eigenvalue weighted by Crippen LogP contribution is -2.38. The molecule has 1 saturated heterocycles. The van der Waals surface area contributed by atoms with E-state index in [1.165, 1.54) is 5.56 Å². The molecule has 1 aromatic rings. The summed E-state index contributed by atoms with van der Waals surface area (Å²) in [5, 5.41) is 3.33. The largest absolute Gasteiger partial charge is 0.341 e. The van der Waals surface area contributed by atoms with Gasteiger partial charge in [-0.15, -0.1) is 0 Å².